The second-order valence-electron chi connectivity index (χ2n) is 6.18. The lowest BCUT2D eigenvalue weighted by Crippen LogP contribution is -2.51. The van der Waals surface area contributed by atoms with Crippen LogP contribution in [-0.4, -0.2) is 23.4 Å². The molecule has 3 nitrogen and oxygen atoms in total. The Hall–Kier alpha value is -1.04. The molecular formula is C16H28N2O. The van der Waals surface area contributed by atoms with Crippen LogP contribution in [0, 0.1) is 22.7 Å². The first-order chi connectivity index (χ1) is 9.00. The summed E-state index contributed by atoms with van der Waals surface area (Å²) in [6.45, 7) is 9.23. The molecule has 0 N–H and O–H groups in total. The van der Waals surface area contributed by atoms with Crippen molar-refractivity contribution in [1.29, 1.82) is 5.26 Å². The highest BCUT2D eigenvalue weighted by atomic mass is 16.2. The van der Waals surface area contributed by atoms with E-state index in [1.165, 1.54) is 6.42 Å². The van der Waals surface area contributed by atoms with E-state index in [-0.39, 0.29) is 11.9 Å². The zero-order valence-corrected chi connectivity index (χ0v) is 12.9. The van der Waals surface area contributed by atoms with Gasteiger partial charge in [0.1, 0.15) is 5.41 Å². The fourth-order valence-electron chi connectivity index (χ4n) is 3.20. The maximum absolute atomic E-state index is 12.9. The molecule has 1 fully saturated rings. The molecule has 108 valence electrons. The highest BCUT2D eigenvalue weighted by Gasteiger charge is 2.42. The summed E-state index contributed by atoms with van der Waals surface area (Å²) in [6.07, 6.45) is 5.40. The number of carbonyl (C=O) groups excluding carboxylic acids is 1. The Bertz CT molecular complexity index is 339. The van der Waals surface area contributed by atoms with Crippen LogP contribution in [0.2, 0.25) is 0 Å². The van der Waals surface area contributed by atoms with E-state index in [0.29, 0.717) is 18.8 Å². The fourth-order valence-corrected chi connectivity index (χ4v) is 3.20. The van der Waals surface area contributed by atoms with Crippen LogP contribution in [0.5, 0.6) is 0 Å². The largest absolute Gasteiger partial charge is 0.338 e. The van der Waals surface area contributed by atoms with Crippen molar-refractivity contribution in [3.05, 3.63) is 0 Å². The van der Waals surface area contributed by atoms with Gasteiger partial charge in [-0.3, -0.25) is 4.79 Å². The van der Waals surface area contributed by atoms with Crippen LogP contribution < -0.4 is 0 Å². The predicted molar refractivity (Wildman–Crippen MR) is 77.4 cm³/mol. The molecule has 1 heterocycles. The molecule has 2 atom stereocenters. The molecule has 0 spiro atoms. The average Bonchev–Trinajstić information content (AvgIpc) is 2.40. The molecule has 0 radical (unpaired) electrons. The number of hydrogen-bond acceptors (Lipinski definition) is 2. The van der Waals surface area contributed by atoms with Crippen LogP contribution >= 0.6 is 0 Å². The Morgan fingerprint density at radius 1 is 1.26 bits per heavy atom. The van der Waals surface area contributed by atoms with Gasteiger partial charge in [0.25, 0.3) is 0 Å². The summed E-state index contributed by atoms with van der Waals surface area (Å²) >= 11 is 0. The summed E-state index contributed by atoms with van der Waals surface area (Å²) in [7, 11) is 0. The Balaban J connectivity index is 2.95. The minimum atomic E-state index is -0.783. The van der Waals surface area contributed by atoms with Crippen molar-refractivity contribution in [3.8, 4) is 6.07 Å². The predicted octanol–water partition coefficient (Wildman–Crippen LogP) is 3.74. The molecular weight excluding hydrogens is 236 g/mol. The minimum Gasteiger partial charge on any atom is -0.338 e. The topological polar surface area (TPSA) is 44.1 Å². The van der Waals surface area contributed by atoms with E-state index in [0.717, 1.165) is 25.8 Å². The van der Waals surface area contributed by atoms with Gasteiger partial charge in [-0.15, -0.1) is 0 Å². The van der Waals surface area contributed by atoms with Gasteiger partial charge in [-0.05, 0) is 38.5 Å². The quantitative estimate of drug-likeness (QED) is 0.759. The SMILES string of the molecule is CCCC(C#N)(CCC)C(=O)N1CC(C)CCC1C. The van der Waals surface area contributed by atoms with E-state index < -0.39 is 5.41 Å². The van der Waals surface area contributed by atoms with E-state index >= 15 is 0 Å². The molecule has 1 saturated heterocycles. The molecule has 2 unspecified atom stereocenters. The number of rotatable bonds is 5. The number of likely N-dealkylation sites (tertiary alicyclic amines) is 1. The molecule has 1 aliphatic heterocycles. The second kappa shape index (κ2) is 6.93. The summed E-state index contributed by atoms with van der Waals surface area (Å²) in [4.78, 5) is 14.9. The molecule has 0 aromatic carbocycles. The molecule has 1 aliphatic rings. The van der Waals surface area contributed by atoms with E-state index in [9.17, 15) is 10.1 Å². The summed E-state index contributed by atoms with van der Waals surface area (Å²) in [5, 5.41) is 9.59. The smallest absolute Gasteiger partial charge is 0.243 e. The maximum atomic E-state index is 12.9. The highest BCUT2D eigenvalue weighted by molar-refractivity contribution is 5.85. The molecule has 1 rings (SSSR count). The molecule has 0 bridgehead atoms. The Morgan fingerprint density at radius 2 is 1.84 bits per heavy atom. The monoisotopic (exact) mass is 264 g/mol. The molecule has 1 amide bonds. The van der Waals surface area contributed by atoms with Gasteiger partial charge < -0.3 is 4.90 Å². The number of hydrogen-bond donors (Lipinski definition) is 0. The van der Waals surface area contributed by atoms with Crippen LogP contribution in [0.3, 0.4) is 0 Å². The van der Waals surface area contributed by atoms with Gasteiger partial charge in [-0.1, -0.05) is 33.6 Å². The van der Waals surface area contributed by atoms with Crippen molar-refractivity contribution in [2.45, 2.75) is 72.3 Å². The first-order valence-electron chi connectivity index (χ1n) is 7.73. The van der Waals surface area contributed by atoms with Gasteiger partial charge >= 0.3 is 0 Å². The Kier molecular flexibility index (Phi) is 5.85. The maximum Gasteiger partial charge on any atom is 0.243 e. The normalized spacial score (nSPS) is 24.1. The molecule has 19 heavy (non-hydrogen) atoms. The van der Waals surface area contributed by atoms with Gasteiger partial charge in [-0.2, -0.15) is 5.26 Å². The molecule has 0 saturated carbocycles. The second-order valence-corrected chi connectivity index (χ2v) is 6.18. The number of carbonyl (C=O) groups is 1. The van der Waals surface area contributed by atoms with E-state index in [4.69, 9.17) is 0 Å². The summed E-state index contributed by atoms with van der Waals surface area (Å²) < 4.78 is 0. The van der Waals surface area contributed by atoms with Gasteiger partial charge in [0.15, 0.2) is 0 Å². The Labute approximate surface area is 118 Å². The molecule has 0 aromatic heterocycles. The zero-order chi connectivity index (χ0) is 14.5. The average molecular weight is 264 g/mol. The standard InChI is InChI=1S/C16H28N2O/c1-5-9-16(12-17,10-6-2)15(19)18-11-13(3)7-8-14(18)4/h13-14H,5-11H2,1-4H3. The van der Waals surface area contributed by atoms with Crippen LogP contribution in [-0.2, 0) is 4.79 Å². The van der Waals surface area contributed by atoms with Gasteiger partial charge in [-0.25, -0.2) is 0 Å². The molecule has 0 aromatic rings. The molecule has 0 aliphatic carbocycles. The lowest BCUT2D eigenvalue weighted by molar-refractivity contribution is -0.144. The first-order valence-corrected chi connectivity index (χ1v) is 7.73. The van der Waals surface area contributed by atoms with E-state index in [1.54, 1.807) is 0 Å². The fraction of sp³-hybridized carbons (Fsp3) is 0.875. The van der Waals surface area contributed by atoms with E-state index in [1.807, 2.05) is 4.90 Å². The first kappa shape index (κ1) is 16.0. The van der Waals surface area contributed by atoms with Crippen molar-refractivity contribution in [2.24, 2.45) is 11.3 Å². The number of nitrogens with zero attached hydrogens (tertiary/aromatic N) is 2. The van der Waals surface area contributed by atoms with Gasteiger partial charge in [0, 0.05) is 12.6 Å². The summed E-state index contributed by atoms with van der Waals surface area (Å²) in [6, 6.07) is 2.64. The number of piperidine rings is 1. The third kappa shape index (κ3) is 3.49. The van der Waals surface area contributed by atoms with Crippen LogP contribution in [0.4, 0.5) is 0 Å². The van der Waals surface area contributed by atoms with Crippen LogP contribution in [0.1, 0.15) is 66.2 Å². The van der Waals surface area contributed by atoms with Crippen molar-refractivity contribution in [3.63, 3.8) is 0 Å². The third-order valence-electron chi connectivity index (χ3n) is 4.36. The Morgan fingerprint density at radius 3 is 2.32 bits per heavy atom. The third-order valence-corrected chi connectivity index (χ3v) is 4.36. The number of amides is 1. The van der Waals surface area contributed by atoms with Crippen LogP contribution in [0.15, 0.2) is 0 Å². The lowest BCUT2D eigenvalue weighted by Gasteiger charge is -2.41. The lowest BCUT2D eigenvalue weighted by atomic mass is 9.78. The van der Waals surface area contributed by atoms with Crippen LogP contribution in [0.25, 0.3) is 0 Å². The van der Waals surface area contributed by atoms with Crippen molar-refractivity contribution in [2.75, 3.05) is 6.54 Å². The van der Waals surface area contributed by atoms with Gasteiger partial charge in [0.05, 0.1) is 6.07 Å². The van der Waals surface area contributed by atoms with Crippen molar-refractivity contribution < 1.29 is 4.79 Å². The highest BCUT2D eigenvalue weighted by Crippen LogP contribution is 2.34. The minimum absolute atomic E-state index is 0.0813. The van der Waals surface area contributed by atoms with E-state index in [2.05, 4.69) is 33.8 Å². The molecule has 3 heteroatoms. The van der Waals surface area contributed by atoms with Gasteiger partial charge in [0.2, 0.25) is 5.91 Å². The summed E-state index contributed by atoms with van der Waals surface area (Å²) in [5.41, 5.74) is -0.783. The van der Waals surface area contributed by atoms with Crippen molar-refractivity contribution >= 4 is 5.91 Å². The summed E-state index contributed by atoms with van der Waals surface area (Å²) in [5.74, 6) is 0.637. The van der Waals surface area contributed by atoms with Crippen molar-refractivity contribution in [1.82, 2.24) is 4.90 Å². The zero-order valence-electron chi connectivity index (χ0n) is 12.9. The number of nitriles is 1.